The number of ether oxygens (including phenoxy) is 2. The first-order valence-electron chi connectivity index (χ1n) is 8.27. The van der Waals surface area contributed by atoms with Crippen molar-refractivity contribution in [3.05, 3.63) is 58.6 Å². The van der Waals surface area contributed by atoms with Gasteiger partial charge in [0, 0.05) is 5.02 Å². The third-order valence-corrected chi connectivity index (χ3v) is 3.71. The van der Waals surface area contributed by atoms with E-state index in [9.17, 15) is 22.8 Å². The number of esters is 1. The van der Waals surface area contributed by atoms with Crippen molar-refractivity contribution in [2.75, 3.05) is 18.5 Å². The summed E-state index contributed by atoms with van der Waals surface area (Å²) in [5.74, 6) is -1.48. The van der Waals surface area contributed by atoms with Crippen molar-refractivity contribution < 1.29 is 32.2 Å². The lowest BCUT2D eigenvalue weighted by atomic mass is 10.1. The number of amides is 1. The number of rotatable bonds is 7. The zero-order valence-corrected chi connectivity index (χ0v) is 15.6. The minimum absolute atomic E-state index is 0.0900. The summed E-state index contributed by atoms with van der Waals surface area (Å²) in [6.07, 6.45) is -3.95. The summed E-state index contributed by atoms with van der Waals surface area (Å²) in [5, 5.41) is 2.71. The Labute approximate surface area is 164 Å². The second-order valence-electron chi connectivity index (χ2n) is 5.69. The van der Waals surface area contributed by atoms with E-state index in [1.807, 2.05) is 6.92 Å². The van der Waals surface area contributed by atoms with Crippen molar-refractivity contribution in [3.63, 3.8) is 0 Å². The quantitative estimate of drug-likeness (QED) is 0.650. The number of anilines is 1. The Balaban J connectivity index is 2.06. The Morgan fingerprint density at radius 3 is 2.39 bits per heavy atom. The van der Waals surface area contributed by atoms with Crippen molar-refractivity contribution in [1.82, 2.24) is 0 Å². The standard InChI is InChI=1S/C19H17ClF3NO4/c1-2-9-27-16-8-5-13(19(21,22)23)10-15(16)24-17(25)11-28-18(26)12-3-6-14(20)7-4-12/h3-8,10H,2,9,11H2,1H3,(H,24,25). The van der Waals surface area contributed by atoms with Gasteiger partial charge >= 0.3 is 12.1 Å². The smallest absolute Gasteiger partial charge is 0.416 e. The summed E-state index contributed by atoms with van der Waals surface area (Å²) in [6, 6.07) is 8.58. The van der Waals surface area contributed by atoms with E-state index in [-0.39, 0.29) is 23.6 Å². The molecule has 0 saturated carbocycles. The van der Waals surface area contributed by atoms with Crippen LogP contribution in [0.15, 0.2) is 42.5 Å². The van der Waals surface area contributed by atoms with Crippen molar-refractivity contribution in [3.8, 4) is 5.75 Å². The Morgan fingerprint density at radius 1 is 1.11 bits per heavy atom. The van der Waals surface area contributed by atoms with Crippen molar-refractivity contribution in [2.24, 2.45) is 0 Å². The van der Waals surface area contributed by atoms with E-state index in [4.69, 9.17) is 21.1 Å². The molecule has 0 heterocycles. The molecule has 2 aromatic rings. The molecule has 0 bridgehead atoms. The topological polar surface area (TPSA) is 64.6 Å². The van der Waals surface area contributed by atoms with Crippen LogP contribution >= 0.6 is 11.6 Å². The van der Waals surface area contributed by atoms with Crippen molar-refractivity contribution >= 4 is 29.2 Å². The van der Waals surface area contributed by atoms with E-state index in [1.165, 1.54) is 24.3 Å². The van der Waals surface area contributed by atoms with E-state index in [1.54, 1.807) is 0 Å². The number of alkyl halides is 3. The lowest BCUT2D eigenvalue weighted by Crippen LogP contribution is -2.21. The van der Waals surface area contributed by atoms with Crippen LogP contribution in [0.2, 0.25) is 5.02 Å². The third-order valence-electron chi connectivity index (χ3n) is 3.46. The van der Waals surface area contributed by atoms with Gasteiger partial charge in [-0.3, -0.25) is 4.79 Å². The molecule has 0 unspecified atom stereocenters. The van der Waals surface area contributed by atoms with Crippen LogP contribution in [0.25, 0.3) is 0 Å². The fourth-order valence-corrected chi connectivity index (χ4v) is 2.25. The Morgan fingerprint density at radius 2 is 1.79 bits per heavy atom. The summed E-state index contributed by atoms with van der Waals surface area (Å²) in [6.45, 7) is 1.42. The summed E-state index contributed by atoms with van der Waals surface area (Å²) >= 11 is 5.72. The molecule has 0 aliphatic carbocycles. The first kappa shape index (κ1) is 21.6. The van der Waals surface area contributed by atoms with Gasteiger partial charge in [-0.2, -0.15) is 13.2 Å². The highest BCUT2D eigenvalue weighted by molar-refractivity contribution is 6.30. The van der Waals surface area contributed by atoms with Crippen LogP contribution in [-0.2, 0) is 15.7 Å². The Hall–Kier alpha value is -2.74. The number of nitrogens with one attached hydrogen (secondary N) is 1. The SMILES string of the molecule is CCCOc1ccc(C(F)(F)F)cc1NC(=O)COC(=O)c1ccc(Cl)cc1. The third kappa shape index (κ3) is 6.16. The molecular formula is C19H17ClF3NO4. The van der Waals surface area contributed by atoms with Crippen LogP contribution in [0.4, 0.5) is 18.9 Å². The van der Waals surface area contributed by atoms with Crippen LogP contribution < -0.4 is 10.1 Å². The van der Waals surface area contributed by atoms with Crippen LogP contribution in [0.5, 0.6) is 5.75 Å². The number of halogens is 4. The molecule has 1 N–H and O–H groups in total. The van der Waals surface area contributed by atoms with Gasteiger partial charge < -0.3 is 14.8 Å². The number of hydrogen-bond donors (Lipinski definition) is 1. The number of hydrogen-bond acceptors (Lipinski definition) is 4. The maximum Gasteiger partial charge on any atom is 0.416 e. The molecule has 28 heavy (non-hydrogen) atoms. The van der Waals surface area contributed by atoms with Gasteiger partial charge in [0.15, 0.2) is 6.61 Å². The molecule has 0 fully saturated rings. The molecule has 9 heteroatoms. The molecule has 0 saturated heterocycles. The van der Waals surface area contributed by atoms with E-state index in [0.717, 1.165) is 18.2 Å². The van der Waals surface area contributed by atoms with Gasteiger partial charge in [-0.1, -0.05) is 18.5 Å². The minimum Gasteiger partial charge on any atom is -0.491 e. The second kappa shape index (κ2) is 9.45. The summed E-state index contributed by atoms with van der Waals surface area (Å²) in [5.41, 5.74) is -0.913. The van der Waals surface area contributed by atoms with Crippen LogP contribution in [0.3, 0.4) is 0 Å². The predicted molar refractivity (Wildman–Crippen MR) is 97.6 cm³/mol. The number of carbonyl (C=O) groups is 2. The van der Waals surface area contributed by atoms with Gasteiger partial charge in [0.25, 0.3) is 5.91 Å². The van der Waals surface area contributed by atoms with Gasteiger partial charge in [0.05, 0.1) is 23.4 Å². The zero-order valence-electron chi connectivity index (χ0n) is 14.8. The molecule has 2 aromatic carbocycles. The molecule has 0 aromatic heterocycles. The lowest BCUT2D eigenvalue weighted by Gasteiger charge is -2.15. The summed E-state index contributed by atoms with van der Waals surface area (Å²) < 4.78 is 49.0. The molecule has 0 radical (unpaired) electrons. The van der Waals surface area contributed by atoms with E-state index in [2.05, 4.69) is 5.32 Å². The highest BCUT2D eigenvalue weighted by Crippen LogP contribution is 2.35. The molecular weight excluding hydrogens is 399 g/mol. The van der Waals surface area contributed by atoms with Crippen LogP contribution in [-0.4, -0.2) is 25.1 Å². The maximum absolute atomic E-state index is 12.9. The average molecular weight is 416 g/mol. The Bertz CT molecular complexity index is 838. The molecule has 0 atom stereocenters. The molecule has 1 amide bonds. The summed E-state index contributed by atoms with van der Waals surface area (Å²) in [7, 11) is 0. The fourth-order valence-electron chi connectivity index (χ4n) is 2.13. The first-order chi connectivity index (χ1) is 13.2. The highest BCUT2D eigenvalue weighted by atomic mass is 35.5. The van der Waals surface area contributed by atoms with E-state index in [0.29, 0.717) is 11.4 Å². The zero-order chi connectivity index (χ0) is 20.7. The lowest BCUT2D eigenvalue weighted by molar-refractivity contribution is -0.137. The Kier molecular flexibility index (Phi) is 7.28. The van der Waals surface area contributed by atoms with Crippen molar-refractivity contribution in [1.29, 1.82) is 0 Å². The predicted octanol–water partition coefficient (Wildman–Crippen LogP) is 4.94. The van der Waals surface area contributed by atoms with E-state index < -0.39 is 30.2 Å². The molecule has 0 aliphatic heterocycles. The largest absolute Gasteiger partial charge is 0.491 e. The normalized spacial score (nSPS) is 11.0. The van der Waals surface area contributed by atoms with Gasteiger partial charge in [0.1, 0.15) is 5.75 Å². The minimum atomic E-state index is -4.58. The van der Waals surface area contributed by atoms with Gasteiger partial charge in [0.2, 0.25) is 0 Å². The van der Waals surface area contributed by atoms with Crippen LogP contribution in [0, 0.1) is 0 Å². The maximum atomic E-state index is 12.9. The second-order valence-corrected chi connectivity index (χ2v) is 6.12. The van der Waals surface area contributed by atoms with Gasteiger partial charge in [-0.05, 0) is 48.9 Å². The van der Waals surface area contributed by atoms with Gasteiger partial charge in [-0.25, -0.2) is 4.79 Å². The fraction of sp³-hybridized carbons (Fsp3) is 0.263. The molecule has 5 nitrogen and oxygen atoms in total. The molecule has 2 rings (SSSR count). The van der Waals surface area contributed by atoms with Crippen LogP contribution in [0.1, 0.15) is 29.3 Å². The van der Waals surface area contributed by atoms with Crippen molar-refractivity contribution in [2.45, 2.75) is 19.5 Å². The van der Waals surface area contributed by atoms with E-state index >= 15 is 0 Å². The number of carbonyl (C=O) groups excluding carboxylic acids is 2. The highest BCUT2D eigenvalue weighted by Gasteiger charge is 2.31. The first-order valence-corrected chi connectivity index (χ1v) is 8.65. The summed E-state index contributed by atoms with van der Waals surface area (Å²) in [4.78, 5) is 23.9. The average Bonchev–Trinajstić information content (AvgIpc) is 2.65. The molecule has 150 valence electrons. The number of benzene rings is 2. The monoisotopic (exact) mass is 415 g/mol. The molecule has 0 spiro atoms. The molecule has 0 aliphatic rings. The van der Waals surface area contributed by atoms with Gasteiger partial charge in [-0.15, -0.1) is 0 Å².